The fourth-order valence-electron chi connectivity index (χ4n) is 1.60. The molecule has 0 saturated carbocycles. The number of halogens is 2. The highest BCUT2D eigenvalue weighted by Gasteiger charge is 2.46. The molecular weight excluding hydrogens is 295 g/mol. The van der Waals surface area contributed by atoms with Crippen LogP contribution in [0.1, 0.15) is 30.6 Å². The molecule has 0 aliphatic heterocycles. The van der Waals surface area contributed by atoms with E-state index in [0.717, 1.165) is 0 Å². The molecule has 0 aliphatic rings. The molecule has 0 bridgehead atoms. The summed E-state index contributed by atoms with van der Waals surface area (Å²) in [4.78, 5) is 12.3. The number of hydrogen-bond donors (Lipinski definition) is 0. The molecule has 1 atom stereocenters. The van der Waals surface area contributed by atoms with Crippen LogP contribution >= 0.6 is 23.2 Å². The minimum atomic E-state index is -3.70. The number of alkyl halides is 1. The molecule has 0 N–H and O–H groups in total. The van der Waals surface area contributed by atoms with Gasteiger partial charge >= 0.3 is 0 Å². The second-order valence-electron chi connectivity index (χ2n) is 3.82. The largest absolute Gasteiger partial charge is 0.291 e. The maximum Gasteiger partial charge on any atom is 0.207 e. The number of Topliss-reactive ketones (excluding diaryl/α,β-unsaturated/α-hetero) is 1. The van der Waals surface area contributed by atoms with Gasteiger partial charge in [-0.15, -0.1) is 0 Å². The SMILES string of the molecule is CCC(Cl)(C(=O)c1cccc(Cl)c1)S(=O)(=O)CC. The van der Waals surface area contributed by atoms with Crippen LogP contribution in [0.3, 0.4) is 0 Å². The number of carbonyl (C=O) groups is 1. The summed E-state index contributed by atoms with van der Waals surface area (Å²) >= 11 is 11.9. The number of ketones is 1. The normalized spacial score (nSPS) is 15.1. The highest BCUT2D eigenvalue weighted by atomic mass is 35.5. The van der Waals surface area contributed by atoms with Gasteiger partial charge in [0, 0.05) is 16.3 Å². The maximum absolute atomic E-state index is 12.3. The number of carbonyl (C=O) groups excluding carboxylic acids is 1. The minimum absolute atomic E-state index is 0.01000. The van der Waals surface area contributed by atoms with E-state index < -0.39 is 19.8 Å². The Kier molecular flexibility index (Phi) is 4.81. The molecule has 0 fully saturated rings. The van der Waals surface area contributed by atoms with E-state index in [1.54, 1.807) is 19.1 Å². The molecule has 1 rings (SSSR count). The third-order valence-electron chi connectivity index (χ3n) is 2.75. The van der Waals surface area contributed by atoms with Crippen LogP contribution in [-0.4, -0.2) is 24.2 Å². The lowest BCUT2D eigenvalue weighted by atomic mass is 10.1. The van der Waals surface area contributed by atoms with Crippen molar-refractivity contribution in [2.24, 2.45) is 0 Å². The highest BCUT2D eigenvalue weighted by molar-refractivity contribution is 7.95. The fourth-order valence-corrected chi connectivity index (χ4v) is 3.52. The molecule has 0 aromatic heterocycles. The first-order valence-electron chi connectivity index (χ1n) is 5.50. The summed E-state index contributed by atoms with van der Waals surface area (Å²) in [6.45, 7) is 3.04. The average Bonchev–Trinajstić information content (AvgIpc) is 2.36. The lowest BCUT2D eigenvalue weighted by molar-refractivity contribution is 0.0970. The van der Waals surface area contributed by atoms with Gasteiger partial charge in [0.1, 0.15) is 0 Å². The van der Waals surface area contributed by atoms with Crippen LogP contribution in [0.2, 0.25) is 5.02 Å². The van der Waals surface area contributed by atoms with E-state index in [1.807, 2.05) is 0 Å². The van der Waals surface area contributed by atoms with Crippen LogP contribution in [0.4, 0.5) is 0 Å². The smallest absolute Gasteiger partial charge is 0.207 e. The van der Waals surface area contributed by atoms with Gasteiger partial charge in [0.25, 0.3) is 0 Å². The van der Waals surface area contributed by atoms with Gasteiger partial charge in [-0.3, -0.25) is 4.79 Å². The molecule has 1 unspecified atom stereocenters. The Morgan fingerprint density at radius 1 is 1.33 bits per heavy atom. The van der Waals surface area contributed by atoms with E-state index in [4.69, 9.17) is 23.2 Å². The Balaban J connectivity index is 3.31. The number of sulfone groups is 1. The summed E-state index contributed by atoms with van der Waals surface area (Å²) in [6, 6.07) is 6.11. The Morgan fingerprint density at radius 3 is 2.39 bits per heavy atom. The van der Waals surface area contributed by atoms with Crippen molar-refractivity contribution in [3.05, 3.63) is 34.9 Å². The quantitative estimate of drug-likeness (QED) is 0.619. The first-order valence-corrected chi connectivity index (χ1v) is 7.91. The van der Waals surface area contributed by atoms with Gasteiger partial charge in [-0.1, -0.05) is 49.2 Å². The predicted octanol–water partition coefficient (Wildman–Crippen LogP) is 3.30. The number of rotatable bonds is 5. The average molecular weight is 309 g/mol. The summed E-state index contributed by atoms with van der Waals surface area (Å²) in [5, 5.41) is 0.366. The molecule has 0 spiro atoms. The molecule has 100 valence electrons. The van der Waals surface area contributed by atoms with Gasteiger partial charge < -0.3 is 0 Å². The third-order valence-corrected chi connectivity index (χ3v) is 6.35. The minimum Gasteiger partial charge on any atom is -0.291 e. The molecule has 0 heterocycles. The second kappa shape index (κ2) is 5.59. The van der Waals surface area contributed by atoms with Gasteiger partial charge in [0.2, 0.25) is 4.21 Å². The van der Waals surface area contributed by atoms with E-state index in [0.29, 0.717) is 5.02 Å². The van der Waals surface area contributed by atoms with Gasteiger partial charge in [0.05, 0.1) is 0 Å². The lowest BCUT2D eigenvalue weighted by Gasteiger charge is -2.23. The van der Waals surface area contributed by atoms with Crippen LogP contribution in [-0.2, 0) is 9.84 Å². The standard InChI is InChI=1S/C12H14Cl2O3S/c1-3-12(14,18(16,17)4-2)11(15)9-6-5-7-10(13)8-9/h5-8H,3-4H2,1-2H3. The van der Waals surface area contributed by atoms with Crippen LogP contribution in [0.15, 0.2) is 24.3 Å². The van der Waals surface area contributed by atoms with E-state index in [2.05, 4.69) is 0 Å². The third kappa shape index (κ3) is 2.71. The topological polar surface area (TPSA) is 51.2 Å². The molecule has 0 saturated heterocycles. The van der Waals surface area contributed by atoms with Crippen LogP contribution < -0.4 is 0 Å². The Bertz CT molecular complexity index is 554. The zero-order valence-corrected chi connectivity index (χ0v) is 12.4. The summed E-state index contributed by atoms with van der Waals surface area (Å²) < 4.78 is 22.0. The molecule has 3 nitrogen and oxygen atoms in total. The van der Waals surface area contributed by atoms with E-state index in [-0.39, 0.29) is 17.7 Å². The zero-order valence-electron chi connectivity index (χ0n) is 10.1. The first kappa shape index (κ1) is 15.5. The fraction of sp³-hybridized carbons (Fsp3) is 0.417. The molecule has 1 aromatic rings. The monoisotopic (exact) mass is 308 g/mol. The molecule has 6 heteroatoms. The number of benzene rings is 1. The zero-order chi connectivity index (χ0) is 14.0. The van der Waals surface area contributed by atoms with Crippen molar-refractivity contribution in [3.8, 4) is 0 Å². The molecule has 0 radical (unpaired) electrons. The van der Waals surface area contributed by atoms with Crippen molar-refractivity contribution in [1.29, 1.82) is 0 Å². The van der Waals surface area contributed by atoms with Gasteiger partial charge in [0.15, 0.2) is 15.6 Å². The van der Waals surface area contributed by atoms with Gasteiger partial charge in [-0.25, -0.2) is 8.42 Å². The van der Waals surface area contributed by atoms with Gasteiger partial charge in [-0.2, -0.15) is 0 Å². The molecule has 0 aliphatic carbocycles. The maximum atomic E-state index is 12.3. The molecule has 0 amide bonds. The number of hydrogen-bond acceptors (Lipinski definition) is 3. The summed E-state index contributed by atoms with van der Waals surface area (Å²) in [7, 11) is -3.70. The molecular formula is C12H14Cl2O3S. The van der Waals surface area contributed by atoms with Crippen LogP contribution in [0.5, 0.6) is 0 Å². The van der Waals surface area contributed by atoms with Crippen molar-refractivity contribution in [1.82, 2.24) is 0 Å². The lowest BCUT2D eigenvalue weighted by Crippen LogP contribution is -2.41. The summed E-state index contributed by atoms with van der Waals surface area (Å²) in [6.07, 6.45) is 0.01000. The highest BCUT2D eigenvalue weighted by Crippen LogP contribution is 2.32. The van der Waals surface area contributed by atoms with Crippen molar-refractivity contribution in [3.63, 3.8) is 0 Å². The summed E-state index contributed by atoms with van der Waals surface area (Å²) in [5.74, 6) is -0.813. The van der Waals surface area contributed by atoms with E-state index >= 15 is 0 Å². The van der Waals surface area contributed by atoms with Crippen LogP contribution in [0, 0.1) is 0 Å². The van der Waals surface area contributed by atoms with Crippen molar-refractivity contribution in [2.45, 2.75) is 24.5 Å². The Hall–Kier alpha value is -0.580. The van der Waals surface area contributed by atoms with Crippen LogP contribution in [0.25, 0.3) is 0 Å². The van der Waals surface area contributed by atoms with Crippen molar-refractivity contribution in [2.75, 3.05) is 5.75 Å². The Labute approximate surface area is 117 Å². The molecule has 1 aromatic carbocycles. The van der Waals surface area contributed by atoms with E-state index in [1.165, 1.54) is 19.1 Å². The van der Waals surface area contributed by atoms with E-state index in [9.17, 15) is 13.2 Å². The van der Waals surface area contributed by atoms with Crippen molar-refractivity contribution < 1.29 is 13.2 Å². The predicted molar refractivity (Wildman–Crippen MR) is 74.1 cm³/mol. The second-order valence-corrected chi connectivity index (χ2v) is 7.63. The van der Waals surface area contributed by atoms with Gasteiger partial charge in [-0.05, 0) is 18.6 Å². The molecule has 18 heavy (non-hydrogen) atoms. The Morgan fingerprint density at radius 2 is 1.94 bits per heavy atom. The first-order chi connectivity index (χ1) is 8.28. The summed E-state index contributed by atoms with van der Waals surface area (Å²) in [5.41, 5.74) is 0.205. The van der Waals surface area contributed by atoms with Crippen molar-refractivity contribution >= 4 is 38.8 Å².